The van der Waals surface area contributed by atoms with E-state index in [4.69, 9.17) is 18.9 Å². The molecule has 17 nitrogen and oxygen atoms in total. The van der Waals surface area contributed by atoms with Crippen LogP contribution in [-0.2, 0) is 23.7 Å². The first kappa shape index (κ1) is 34.4. The number of pyridine rings is 1. The molecule has 2 aromatic carbocycles. The van der Waals surface area contributed by atoms with E-state index in [-0.39, 0.29) is 37.0 Å². The van der Waals surface area contributed by atoms with Crippen LogP contribution in [0.3, 0.4) is 0 Å². The minimum Gasteiger partial charge on any atom is -0.459 e. The summed E-state index contributed by atoms with van der Waals surface area (Å²) in [6.45, 7) is 1.03. The molecule has 5 aromatic rings. The summed E-state index contributed by atoms with van der Waals surface area (Å²) in [7, 11) is 1.66. The lowest BCUT2D eigenvalue weighted by molar-refractivity contribution is -0.384. The number of ether oxygens (including phenoxy) is 4. The van der Waals surface area contributed by atoms with E-state index in [2.05, 4.69) is 25.3 Å². The van der Waals surface area contributed by atoms with Crippen molar-refractivity contribution >= 4 is 46.5 Å². The fraction of sp³-hybridized carbons (Fsp3) is 0.265. The molecule has 4 heterocycles. The van der Waals surface area contributed by atoms with Crippen LogP contribution < -0.4 is 10.2 Å². The largest absolute Gasteiger partial charge is 0.509 e. The molecule has 1 fully saturated rings. The number of benzene rings is 2. The van der Waals surface area contributed by atoms with Crippen LogP contribution in [0.1, 0.15) is 41.6 Å². The van der Waals surface area contributed by atoms with Gasteiger partial charge in [0.05, 0.1) is 23.9 Å². The Bertz CT molecular complexity index is 2030. The summed E-state index contributed by atoms with van der Waals surface area (Å²) in [6.07, 6.45) is -0.0110. The van der Waals surface area contributed by atoms with E-state index in [1.807, 2.05) is 6.07 Å². The Morgan fingerprint density at radius 1 is 1.06 bits per heavy atom. The van der Waals surface area contributed by atoms with Gasteiger partial charge in [-0.25, -0.2) is 24.7 Å². The molecule has 4 atom stereocenters. The Morgan fingerprint density at radius 3 is 2.53 bits per heavy atom. The normalized spacial score (nSPS) is 17.3. The Hall–Kier alpha value is -6.49. The van der Waals surface area contributed by atoms with E-state index in [9.17, 15) is 24.5 Å². The number of anilines is 2. The summed E-state index contributed by atoms with van der Waals surface area (Å²) >= 11 is 0. The third-order valence-electron chi connectivity index (χ3n) is 7.98. The van der Waals surface area contributed by atoms with Gasteiger partial charge in [-0.05, 0) is 17.7 Å². The van der Waals surface area contributed by atoms with Crippen LogP contribution in [0.15, 0.2) is 91.6 Å². The molecule has 0 spiro atoms. The number of aromatic nitrogens is 5. The predicted molar refractivity (Wildman–Crippen MR) is 180 cm³/mol. The first-order valence-corrected chi connectivity index (χ1v) is 15.7. The summed E-state index contributed by atoms with van der Waals surface area (Å²) in [5.41, 5.74) is 1.63. The molecular weight excluding hydrogens is 664 g/mol. The number of nitro groups is 1. The zero-order valence-corrected chi connectivity index (χ0v) is 27.4. The monoisotopic (exact) mass is 696 g/mol. The lowest BCUT2D eigenvalue weighted by atomic mass is 10.1. The first-order chi connectivity index (χ1) is 24.7. The number of hydrogen-bond acceptors (Lipinski definition) is 14. The lowest BCUT2D eigenvalue weighted by Crippen LogP contribution is -2.33. The molecule has 3 aromatic heterocycles. The molecule has 0 radical (unpaired) electrons. The molecule has 262 valence electrons. The second-order valence-electron chi connectivity index (χ2n) is 11.5. The highest BCUT2D eigenvalue weighted by Crippen LogP contribution is 2.34. The summed E-state index contributed by atoms with van der Waals surface area (Å²) in [5.74, 6) is -0.421. The Labute approximate surface area is 290 Å². The van der Waals surface area contributed by atoms with Crippen molar-refractivity contribution in [3.8, 4) is 0 Å². The quantitative estimate of drug-likeness (QED) is 0.107. The van der Waals surface area contributed by atoms with Crippen molar-refractivity contribution in [2.75, 3.05) is 30.4 Å². The number of nitrogens with one attached hydrogen (secondary N) is 1. The van der Waals surface area contributed by atoms with Crippen LogP contribution in [0, 0.1) is 10.1 Å². The van der Waals surface area contributed by atoms with E-state index in [0.29, 0.717) is 28.1 Å². The molecule has 0 saturated carbocycles. The molecule has 17 heteroatoms. The number of carbonyl (C=O) groups is 3. The topological polar surface area (TPSA) is 203 Å². The minimum atomic E-state index is -1.02. The first-order valence-electron chi connectivity index (χ1n) is 15.7. The fourth-order valence-corrected chi connectivity index (χ4v) is 5.53. The van der Waals surface area contributed by atoms with Crippen LogP contribution >= 0.6 is 0 Å². The van der Waals surface area contributed by atoms with Crippen LogP contribution in [0.4, 0.5) is 22.1 Å². The number of rotatable bonds is 12. The molecule has 1 amide bonds. The maximum absolute atomic E-state index is 13.1. The number of nitrogens with zero attached hydrogens (tertiary/aromatic N) is 7. The number of esters is 1. The third-order valence-corrected chi connectivity index (χ3v) is 7.98. The van der Waals surface area contributed by atoms with E-state index in [1.54, 1.807) is 71.1 Å². The number of likely N-dealkylation sites (N-methyl/N-ethyl adjacent to an activating group) is 1. The molecule has 0 bridgehead atoms. The number of hydrogen-bond donors (Lipinski definition) is 1. The van der Waals surface area contributed by atoms with Crippen molar-refractivity contribution in [2.45, 2.75) is 37.9 Å². The van der Waals surface area contributed by atoms with E-state index in [1.165, 1.54) is 37.9 Å². The minimum absolute atomic E-state index is 0.0920. The summed E-state index contributed by atoms with van der Waals surface area (Å²) in [6, 6.07) is 20.2. The number of imidazole rings is 1. The summed E-state index contributed by atoms with van der Waals surface area (Å²) in [4.78, 5) is 67.4. The maximum Gasteiger partial charge on any atom is 0.509 e. The molecular formula is C34H32N8O9. The van der Waals surface area contributed by atoms with Gasteiger partial charge < -0.3 is 29.2 Å². The van der Waals surface area contributed by atoms with Gasteiger partial charge in [-0.3, -0.25) is 24.3 Å². The van der Waals surface area contributed by atoms with Crippen LogP contribution in [0.5, 0.6) is 0 Å². The lowest BCUT2D eigenvalue weighted by Gasteiger charge is -2.25. The van der Waals surface area contributed by atoms with Crippen molar-refractivity contribution in [1.29, 1.82) is 0 Å². The summed E-state index contributed by atoms with van der Waals surface area (Å²) < 4.78 is 24.6. The van der Waals surface area contributed by atoms with Crippen LogP contribution in [0.25, 0.3) is 11.2 Å². The van der Waals surface area contributed by atoms with Crippen molar-refractivity contribution in [3.05, 3.63) is 113 Å². The Balaban J connectivity index is 1.14. The van der Waals surface area contributed by atoms with E-state index < -0.39 is 41.6 Å². The molecule has 1 saturated heterocycles. The van der Waals surface area contributed by atoms with Gasteiger partial charge >= 0.3 is 12.1 Å². The van der Waals surface area contributed by atoms with E-state index in [0.717, 1.165) is 0 Å². The molecule has 1 unspecified atom stereocenters. The zero-order chi connectivity index (χ0) is 35.9. The molecule has 1 aliphatic heterocycles. The van der Waals surface area contributed by atoms with Gasteiger partial charge in [-0.2, -0.15) is 0 Å². The highest BCUT2D eigenvalue weighted by atomic mass is 16.7. The average Bonchev–Trinajstić information content (AvgIpc) is 3.75. The van der Waals surface area contributed by atoms with Gasteiger partial charge in [-0.15, -0.1) is 0 Å². The molecule has 6 rings (SSSR count). The zero-order valence-electron chi connectivity index (χ0n) is 27.4. The van der Waals surface area contributed by atoms with Crippen LogP contribution in [0.2, 0.25) is 0 Å². The smallest absolute Gasteiger partial charge is 0.459 e. The Morgan fingerprint density at radius 2 is 1.80 bits per heavy atom. The molecule has 1 N–H and O–H groups in total. The van der Waals surface area contributed by atoms with Gasteiger partial charge in [-0.1, -0.05) is 48.5 Å². The second kappa shape index (κ2) is 15.4. The average molecular weight is 697 g/mol. The van der Waals surface area contributed by atoms with Gasteiger partial charge in [0.15, 0.2) is 17.0 Å². The number of carbonyl (C=O) groups excluding carboxylic acids is 3. The van der Waals surface area contributed by atoms with Gasteiger partial charge in [0.25, 0.3) is 11.6 Å². The number of fused-ring (bicyclic) bond motifs is 1. The summed E-state index contributed by atoms with van der Waals surface area (Å²) in [5, 5.41) is 14.0. The SMILES string of the molecule is CC(=O)O[C@H]1C[C@H](n2cnc3c(NC(=O)c4ccccc4)ncnc32)O[C@@H]1COC(=O)OC(CN(C)c1cc([N+](=O)[O-])ccn1)c1ccccc1. The van der Waals surface area contributed by atoms with Crippen molar-refractivity contribution in [1.82, 2.24) is 24.5 Å². The van der Waals surface area contributed by atoms with Crippen molar-refractivity contribution in [2.24, 2.45) is 0 Å². The third kappa shape index (κ3) is 8.22. The highest BCUT2D eigenvalue weighted by molar-refractivity contribution is 6.06. The van der Waals surface area contributed by atoms with Gasteiger partial charge in [0, 0.05) is 38.2 Å². The second-order valence-corrected chi connectivity index (χ2v) is 11.5. The standard InChI is InChI=1S/C34H32N8O9/c1-21(43)49-25-16-29(41-20-38-30-31(36-19-37-32(30)41)39-33(44)23-11-7-4-8-12-23)50-27(25)18-48-34(45)51-26(22-9-5-3-6-10-22)17-40(2)28-15-24(42(46)47)13-14-35-28/h3-15,19-20,25-27,29H,16-18H2,1-2H3,(H,36,37,39,44)/t25-,26?,27+,29+/m0/s1. The van der Waals surface area contributed by atoms with E-state index >= 15 is 0 Å². The van der Waals surface area contributed by atoms with Crippen molar-refractivity contribution < 1.29 is 38.3 Å². The van der Waals surface area contributed by atoms with Crippen molar-refractivity contribution in [3.63, 3.8) is 0 Å². The molecule has 1 aliphatic rings. The fourth-order valence-electron chi connectivity index (χ4n) is 5.53. The van der Waals surface area contributed by atoms with Gasteiger partial charge in [0.2, 0.25) is 0 Å². The Kier molecular flexibility index (Phi) is 10.4. The highest BCUT2D eigenvalue weighted by Gasteiger charge is 2.40. The predicted octanol–water partition coefficient (Wildman–Crippen LogP) is 4.63. The van der Waals surface area contributed by atoms with Crippen LogP contribution in [-0.4, -0.2) is 79.9 Å². The van der Waals surface area contributed by atoms with Gasteiger partial charge in [0.1, 0.15) is 43.3 Å². The molecule has 51 heavy (non-hydrogen) atoms. The maximum atomic E-state index is 13.1. The number of amides is 1. The molecule has 0 aliphatic carbocycles.